The molecule has 2 saturated carbocycles. The largest absolute Gasteiger partial charge is 0.144 e. The zero-order valence-electron chi connectivity index (χ0n) is 10.8. The zero-order valence-corrected chi connectivity index (χ0v) is 12.3. The van der Waals surface area contributed by atoms with E-state index in [-0.39, 0.29) is 0 Å². The molecule has 3 rings (SSSR count). The highest BCUT2D eigenvalue weighted by atomic mass is 35.5. The average Bonchev–Trinajstić information content (AvgIpc) is 2.87. The Kier molecular flexibility index (Phi) is 4.20. The Balaban J connectivity index is 1.65. The number of hydrogen-bond donors (Lipinski definition) is 0. The van der Waals surface area contributed by atoms with E-state index < -0.39 is 0 Å². The maximum atomic E-state index is 5.76. The van der Waals surface area contributed by atoms with Crippen LogP contribution in [0.5, 0.6) is 0 Å². The molecular weight excluding hydrogens is 264 g/mol. The molecule has 1 aromatic heterocycles. The molecule has 0 spiro atoms. The van der Waals surface area contributed by atoms with Crippen LogP contribution in [0.2, 0.25) is 0 Å². The number of nitrogens with zero attached hydrogens (tertiary/aromatic N) is 2. The summed E-state index contributed by atoms with van der Waals surface area (Å²) in [6, 6.07) is 0. The number of alkyl halides is 1. The Morgan fingerprint density at radius 1 is 1.06 bits per heavy atom. The fourth-order valence-electron chi connectivity index (χ4n) is 3.71. The minimum absolute atomic E-state index is 0.657. The normalized spacial score (nSPS) is 32.2. The van der Waals surface area contributed by atoms with Crippen molar-refractivity contribution in [1.82, 2.24) is 10.2 Å². The zero-order chi connectivity index (χ0) is 12.4. The maximum absolute atomic E-state index is 5.76. The second-order valence-corrected chi connectivity index (χ2v) is 7.26. The van der Waals surface area contributed by atoms with Crippen LogP contribution in [0.1, 0.15) is 60.9 Å². The van der Waals surface area contributed by atoms with Crippen molar-refractivity contribution in [3.63, 3.8) is 0 Å². The van der Waals surface area contributed by atoms with Gasteiger partial charge in [0, 0.05) is 18.2 Å². The van der Waals surface area contributed by atoms with Crippen molar-refractivity contribution >= 4 is 22.9 Å². The molecule has 0 N–H and O–H groups in total. The van der Waals surface area contributed by atoms with Crippen molar-refractivity contribution in [2.24, 2.45) is 11.8 Å². The van der Waals surface area contributed by atoms with Crippen molar-refractivity contribution in [3.8, 4) is 0 Å². The van der Waals surface area contributed by atoms with E-state index >= 15 is 0 Å². The summed E-state index contributed by atoms with van der Waals surface area (Å²) in [5.41, 5.74) is 0. The van der Waals surface area contributed by atoms with Crippen LogP contribution in [-0.4, -0.2) is 16.1 Å². The summed E-state index contributed by atoms with van der Waals surface area (Å²) in [4.78, 5) is 0. The summed E-state index contributed by atoms with van der Waals surface area (Å²) in [7, 11) is 0. The SMILES string of the molecule is ClCCc1nnc(C2CCC3CCCCC3C2)s1. The Hall–Kier alpha value is -0.150. The molecule has 100 valence electrons. The van der Waals surface area contributed by atoms with Gasteiger partial charge in [-0.1, -0.05) is 25.7 Å². The summed E-state index contributed by atoms with van der Waals surface area (Å²) in [6.07, 6.45) is 10.8. The molecule has 18 heavy (non-hydrogen) atoms. The third kappa shape index (κ3) is 2.72. The van der Waals surface area contributed by atoms with E-state index in [1.165, 1.54) is 50.0 Å². The lowest BCUT2D eigenvalue weighted by molar-refractivity contribution is 0.155. The van der Waals surface area contributed by atoms with Gasteiger partial charge in [0.05, 0.1) is 0 Å². The van der Waals surface area contributed by atoms with Gasteiger partial charge in [-0.25, -0.2) is 0 Å². The second kappa shape index (κ2) is 5.87. The van der Waals surface area contributed by atoms with Gasteiger partial charge >= 0.3 is 0 Å². The molecule has 0 bridgehead atoms. The van der Waals surface area contributed by atoms with Crippen molar-refractivity contribution in [1.29, 1.82) is 0 Å². The number of aryl methyl sites for hydroxylation is 1. The molecule has 0 radical (unpaired) electrons. The smallest absolute Gasteiger partial charge is 0.120 e. The number of rotatable bonds is 3. The van der Waals surface area contributed by atoms with Gasteiger partial charge in [-0.3, -0.25) is 0 Å². The molecule has 1 aromatic rings. The molecule has 0 saturated heterocycles. The lowest BCUT2D eigenvalue weighted by atomic mass is 9.68. The van der Waals surface area contributed by atoms with E-state index in [0.717, 1.165) is 23.3 Å². The lowest BCUT2D eigenvalue weighted by Crippen LogP contribution is -2.26. The van der Waals surface area contributed by atoms with Crippen LogP contribution >= 0.6 is 22.9 Å². The van der Waals surface area contributed by atoms with E-state index in [2.05, 4.69) is 10.2 Å². The molecule has 0 aliphatic heterocycles. The summed E-state index contributed by atoms with van der Waals surface area (Å²) in [5, 5.41) is 11.1. The summed E-state index contributed by atoms with van der Waals surface area (Å²) >= 11 is 7.56. The Labute approximate surface area is 118 Å². The highest BCUT2D eigenvalue weighted by molar-refractivity contribution is 7.11. The molecule has 2 aliphatic rings. The van der Waals surface area contributed by atoms with E-state index in [1.807, 2.05) is 0 Å². The van der Waals surface area contributed by atoms with Gasteiger partial charge in [0.15, 0.2) is 0 Å². The second-order valence-electron chi connectivity index (χ2n) is 5.79. The Morgan fingerprint density at radius 2 is 1.89 bits per heavy atom. The first-order chi connectivity index (χ1) is 8.86. The van der Waals surface area contributed by atoms with E-state index in [1.54, 1.807) is 11.3 Å². The van der Waals surface area contributed by atoms with Crippen LogP contribution in [0, 0.1) is 11.8 Å². The highest BCUT2D eigenvalue weighted by Crippen LogP contribution is 2.46. The average molecular weight is 285 g/mol. The molecule has 2 nitrogen and oxygen atoms in total. The van der Waals surface area contributed by atoms with Gasteiger partial charge in [0.2, 0.25) is 0 Å². The van der Waals surface area contributed by atoms with E-state index in [9.17, 15) is 0 Å². The summed E-state index contributed by atoms with van der Waals surface area (Å²) < 4.78 is 0. The topological polar surface area (TPSA) is 25.8 Å². The molecule has 0 aromatic carbocycles. The van der Waals surface area contributed by atoms with E-state index in [0.29, 0.717) is 11.8 Å². The van der Waals surface area contributed by atoms with Crippen LogP contribution < -0.4 is 0 Å². The fraction of sp³-hybridized carbons (Fsp3) is 0.857. The van der Waals surface area contributed by atoms with Gasteiger partial charge in [0.1, 0.15) is 10.0 Å². The predicted octanol–water partition coefficient (Wildman–Crippen LogP) is 4.39. The van der Waals surface area contributed by atoms with Crippen LogP contribution in [-0.2, 0) is 6.42 Å². The first-order valence-corrected chi connectivity index (χ1v) is 8.60. The van der Waals surface area contributed by atoms with Gasteiger partial charge in [-0.05, 0) is 31.1 Å². The van der Waals surface area contributed by atoms with Gasteiger partial charge in [-0.15, -0.1) is 33.1 Å². The van der Waals surface area contributed by atoms with E-state index in [4.69, 9.17) is 11.6 Å². The standard InChI is InChI=1S/C14H21ClN2S/c15-8-7-13-16-17-14(18-13)12-6-5-10-3-1-2-4-11(10)9-12/h10-12H,1-9H2. The molecule has 2 fully saturated rings. The first-order valence-electron chi connectivity index (χ1n) is 7.25. The molecule has 0 amide bonds. The van der Waals surface area contributed by atoms with Crippen LogP contribution in [0.25, 0.3) is 0 Å². The fourth-order valence-corrected chi connectivity index (χ4v) is 4.99. The number of fused-ring (bicyclic) bond motifs is 1. The third-order valence-corrected chi connectivity index (χ3v) is 6.01. The predicted molar refractivity (Wildman–Crippen MR) is 76.4 cm³/mol. The minimum Gasteiger partial charge on any atom is -0.144 e. The van der Waals surface area contributed by atoms with Crippen LogP contribution in [0.3, 0.4) is 0 Å². The highest BCUT2D eigenvalue weighted by Gasteiger charge is 2.33. The summed E-state index contributed by atoms with van der Waals surface area (Å²) in [6.45, 7) is 0. The summed E-state index contributed by atoms with van der Waals surface area (Å²) in [5.74, 6) is 3.33. The molecule has 3 unspecified atom stereocenters. The number of aromatic nitrogens is 2. The Bertz CT molecular complexity index is 393. The molecule has 1 heterocycles. The van der Waals surface area contributed by atoms with Crippen molar-refractivity contribution in [2.45, 2.75) is 57.3 Å². The third-order valence-electron chi connectivity index (χ3n) is 4.68. The molecular formula is C14H21ClN2S. The van der Waals surface area contributed by atoms with Crippen LogP contribution in [0.4, 0.5) is 0 Å². The molecule has 3 atom stereocenters. The monoisotopic (exact) mass is 284 g/mol. The number of halogens is 1. The minimum atomic E-state index is 0.657. The first kappa shape index (κ1) is 12.9. The Morgan fingerprint density at radius 3 is 2.72 bits per heavy atom. The quantitative estimate of drug-likeness (QED) is 0.769. The molecule has 2 aliphatic carbocycles. The van der Waals surface area contributed by atoms with Crippen LogP contribution in [0.15, 0.2) is 0 Å². The van der Waals surface area contributed by atoms with Crippen molar-refractivity contribution in [3.05, 3.63) is 10.0 Å². The molecule has 4 heteroatoms. The van der Waals surface area contributed by atoms with Crippen molar-refractivity contribution < 1.29 is 0 Å². The lowest BCUT2D eigenvalue weighted by Gasteiger charge is -2.38. The van der Waals surface area contributed by atoms with Gasteiger partial charge in [-0.2, -0.15) is 0 Å². The van der Waals surface area contributed by atoms with Gasteiger partial charge in [0.25, 0.3) is 0 Å². The van der Waals surface area contributed by atoms with Crippen molar-refractivity contribution in [2.75, 3.05) is 5.88 Å². The number of hydrogen-bond acceptors (Lipinski definition) is 3. The van der Waals surface area contributed by atoms with Gasteiger partial charge < -0.3 is 0 Å². The maximum Gasteiger partial charge on any atom is 0.120 e.